The van der Waals surface area contributed by atoms with E-state index in [2.05, 4.69) is 9.35 Å². The highest BCUT2D eigenvalue weighted by atomic mass is 32.2. The van der Waals surface area contributed by atoms with Gasteiger partial charge in [0.05, 0.1) is 5.69 Å². The highest BCUT2D eigenvalue weighted by molar-refractivity contribution is 7.92. The monoisotopic (exact) mass is 497 g/mol. The first kappa shape index (κ1) is 24.2. The van der Waals surface area contributed by atoms with Gasteiger partial charge in [-0.1, -0.05) is 0 Å². The SMILES string of the molecule is Cc1cc(F)cc(C)c1Oc1ccc(N=S(C)(C)=O)cc1-c1cn(C)c(=O)c2[nH]c(C(=O)O)cc12. The molecule has 2 heterocycles. The van der Waals surface area contributed by atoms with Gasteiger partial charge in [-0.3, -0.25) is 4.79 Å². The van der Waals surface area contributed by atoms with E-state index in [1.54, 1.807) is 45.3 Å². The van der Waals surface area contributed by atoms with Crippen molar-refractivity contribution in [3.05, 3.63) is 75.6 Å². The third-order valence-corrected chi connectivity index (χ3v) is 6.06. The zero-order valence-electron chi connectivity index (χ0n) is 19.8. The minimum atomic E-state index is -2.48. The number of pyridine rings is 1. The van der Waals surface area contributed by atoms with Crippen LogP contribution < -0.4 is 10.3 Å². The van der Waals surface area contributed by atoms with Gasteiger partial charge in [-0.15, -0.1) is 0 Å². The number of halogens is 1. The minimum absolute atomic E-state index is 0.125. The van der Waals surface area contributed by atoms with Crippen LogP contribution in [0, 0.1) is 19.7 Å². The van der Waals surface area contributed by atoms with E-state index in [0.717, 1.165) is 0 Å². The van der Waals surface area contributed by atoms with Crippen LogP contribution >= 0.6 is 0 Å². The lowest BCUT2D eigenvalue weighted by molar-refractivity contribution is 0.0691. The smallest absolute Gasteiger partial charge is 0.352 e. The average molecular weight is 498 g/mol. The fraction of sp³-hybridized carbons (Fsp3) is 0.200. The Kier molecular flexibility index (Phi) is 6.02. The molecule has 4 rings (SSSR count). The first-order chi connectivity index (χ1) is 16.3. The number of aryl methyl sites for hydroxylation is 3. The summed E-state index contributed by atoms with van der Waals surface area (Å²) in [5.41, 5.74) is 2.20. The molecule has 2 aromatic carbocycles. The molecule has 35 heavy (non-hydrogen) atoms. The van der Waals surface area contributed by atoms with E-state index in [1.165, 1.54) is 35.3 Å². The molecule has 0 aliphatic rings. The lowest BCUT2D eigenvalue weighted by Gasteiger charge is -2.17. The van der Waals surface area contributed by atoms with Crippen LogP contribution in [0.5, 0.6) is 11.5 Å². The number of nitrogens with one attached hydrogen (secondary N) is 1. The lowest BCUT2D eigenvalue weighted by Crippen LogP contribution is -2.16. The van der Waals surface area contributed by atoms with Gasteiger partial charge in [0.15, 0.2) is 0 Å². The van der Waals surface area contributed by atoms with Crippen molar-refractivity contribution in [2.75, 3.05) is 12.5 Å². The number of carboxylic acids is 1. The first-order valence-corrected chi connectivity index (χ1v) is 12.9. The number of H-pyrrole nitrogens is 1. The van der Waals surface area contributed by atoms with E-state index >= 15 is 0 Å². The average Bonchev–Trinajstić information content (AvgIpc) is 3.19. The number of rotatable bonds is 5. The van der Waals surface area contributed by atoms with E-state index in [9.17, 15) is 23.3 Å². The van der Waals surface area contributed by atoms with Crippen molar-refractivity contribution in [1.29, 1.82) is 0 Å². The summed E-state index contributed by atoms with van der Waals surface area (Å²) in [5, 5.41) is 9.85. The Morgan fingerprint density at radius 3 is 2.37 bits per heavy atom. The van der Waals surface area contributed by atoms with Gasteiger partial charge in [0.1, 0.15) is 28.5 Å². The number of fused-ring (bicyclic) bond motifs is 1. The maximum absolute atomic E-state index is 13.8. The molecule has 8 nitrogen and oxygen atoms in total. The van der Waals surface area contributed by atoms with Crippen molar-refractivity contribution in [2.24, 2.45) is 11.4 Å². The maximum atomic E-state index is 13.8. The Morgan fingerprint density at radius 2 is 1.77 bits per heavy atom. The fourth-order valence-electron chi connectivity index (χ4n) is 3.96. The van der Waals surface area contributed by atoms with Crippen LogP contribution in [0.15, 0.2) is 51.8 Å². The number of aromatic nitrogens is 2. The molecule has 2 aromatic heterocycles. The summed E-state index contributed by atoms with van der Waals surface area (Å²) in [7, 11) is -0.921. The molecule has 0 unspecified atom stereocenters. The van der Waals surface area contributed by atoms with Crippen molar-refractivity contribution in [3.63, 3.8) is 0 Å². The Balaban J connectivity index is 2.04. The molecule has 0 saturated carbocycles. The quantitative estimate of drug-likeness (QED) is 0.396. The molecule has 0 radical (unpaired) electrons. The van der Waals surface area contributed by atoms with Gasteiger partial charge in [-0.05, 0) is 61.4 Å². The van der Waals surface area contributed by atoms with Crippen LogP contribution in [0.25, 0.3) is 22.0 Å². The van der Waals surface area contributed by atoms with Gasteiger partial charge in [0.2, 0.25) is 0 Å². The van der Waals surface area contributed by atoms with Gasteiger partial charge in [-0.2, -0.15) is 4.36 Å². The zero-order chi connectivity index (χ0) is 25.7. The van der Waals surface area contributed by atoms with Crippen molar-refractivity contribution in [2.45, 2.75) is 13.8 Å². The molecule has 0 aliphatic carbocycles. The Morgan fingerprint density at radius 1 is 1.11 bits per heavy atom. The molecule has 0 saturated heterocycles. The highest BCUT2D eigenvalue weighted by Gasteiger charge is 2.20. The van der Waals surface area contributed by atoms with Gasteiger partial charge in [0.25, 0.3) is 5.56 Å². The Hall–Kier alpha value is -3.92. The van der Waals surface area contributed by atoms with Gasteiger partial charge < -0.3 is 19.4 Å². The van der Waals surface area contributed by atoms with Crippen molar-refractivity contribution >= 4 is 32.3 Å². The Bertz CT molecular complexity index is 1660. The number of ether oxygens (including phenoxy) is 1. The molecule has 10 heteroatoms. The second kappa shape index (κ2) is 8.70. The van der Waals surface area contributed by atoms with E-state index in [-0.39, 0.29) is 17.0 Å². The van der Waals surface area contributed by atoms with Crippen LogP contribution in [-0.4, -0.2) is 37.3 Å². The predicted octanol–water partition coefficient (Wildman–Crippen LogP) is 5.14. The first-order valence-electron chi connectivity index (χ1n) is 10.6. The molecular formula is C25H24FN3O5S. The maximum Gasteiger partial charge on any atom is 0.352 e. The van der Waals surface area contributed by atoms with Gasteiger partial charge in [-0.25, -0.2) is 13.4 Å². The number of aromatic carboxylic acids is 1. The molecule has 0 aliphatic heterocycles. The summed E-state index contributed by atoms with van der Waals surface area (Å²) in [6.45, 7) is 3.46. The summed E-state index contributed by atoms with van der Waals surface area (Å²) in [4.78, 5) is 27.0. The Labute approximate surface area is 201 Å². The summed E-state index contributed by atoms with van der Waals surface area (Å²) >= 11 is 0. The van der Waals surface area contributed by atoms with Crippen LogP contribution in [0.1, 0.15) is 21.6 Å². The molecule has 0 amide bonds. The summed E-state index contributed by atoms with van der Waals surface area (Å²) in [6, 6.07) is 9.10. The van der Waals surface area contributed by atoms with E-state index in [1.807, 2.05) is 0 Å². The second-order valence-electron chi connectivity index (χ2n) is 8.66. The normalized spacial score (nSPS) is 11.6. The largest absolute Gasteiger partial charge is 0.477 e. The number of carboxylic acid groups (broad SMARTS) is 1. The second-order valence-corrected chi connectivity index (χ2v) is 11.2. The molecule has 2 N–H and O–H groups in total. The molecule has 0 bridgehead atoms. The van der Waals surface area contributed by atoms with E-state index in [4.69, 9.17) is 4.74 Å². The molecule has 182 valence electrons. The summed E-state index contributed by atoms with van der Waals surface area (Å²) in [5.74, 6) is -0.744. The summed E-state index contributed by atoms with van der Waals surface area (Å²) in [6.07, 6.45) is 4.60. The molecule has 0 spiro atoms. The van der Waals surface area contributed by atoms with Gasteiger partial charge >= 0.3 is 5.97 Å². The van der Waals surface area contributed by atoms with Crippen LogP contribution in [0.4, 0.5) is 10.1 Å². The van der Waals surface area contributed by atoms with Crippen LogP contribution in [0.2, 0.25) is 0 Å². The van der Waals surface area contributed by atoms with E-state index < -0.39 is 21.3 Å². The van der Waals surface area contributed by atoms with Crippen molar-refractivity contribution < 1.29 is 23.2 Å². The highest BCUT2D eigenvalue weighted by Crippen LogP contribution is 2.41. The van der Waals surface area contributed by atoms with Crippen molar-refractivity contribution in [3.8, 4) is 22.6 Å². The molecule has 0 fully saturated rings. The number of hydrogen-bond acceptors (Lipinski definition) is 5. The number of hydrogen-bond donors (Lipinski definition) is 2. The minimum Gasteiger partial charge on any atom is -0.477 e. The van der Waals surface area contributed by atoms with Crippen LogP contribution in [0.3, 0.4) is 0 Å². The summed E-state index contributed by atoms with van der Waals surface area (Å²) < 4.78 is 38.0. The molecular weight excluding hydrogens is 473 g/mol. The molecule has 4 aromatic rings. The zero-order valence-corrected chi connectivity index (χ0v) is 20.6. The fourth-order valence-corrected chi connectivity index (χ4v) is 4.58. The lowest BCUT2D eigenvalue weighted by atomic mass is 10.0. The topological polar surface area (TPSA) is 114 Å². The number of aromatic amines is 1. The third-order valence-electron chi connectivity index (χ3n) is 5.41. The van der Waals surface area contributed by atoms with E-state index in [0.29, 0.717) is 44.8 Å². The number of carbonyl (C=O) groups is 1. The predicted molar refractivity (Wildman–Crippen MR) is 134 cm³/mol. The van der Waals surface area contributed by atoms with Gasteiger partial charge in [0, 0.05) is 52.0 Å². The van der Waals surface area contributed by atoms with Crippen molar-refractivity contribution in [1.82, 2.24) is 9.55 Å². The van der Waals surface area contributed by atoms with Crippen LogP contribution in [-0.2, 0) is 16.8 Å². The molecule has 0 atom stereocenters. The third kappa shape index (κ3) is 4.83. The number of benzene rings is 2. The standard InChI is InChI=1S/C25H24FN3O5S/c1-13-8-15(26)9-14(2)23(13)34-21-7-6-16(28-35(4,5)33)10-17(21)19-12-29(3)24(30)22-18(19)11-20(27-22)25(31)32/h6-12,27H,1-5H3,(H,31,32). The number of nitrogens with zero attached hydrogens (tertiary/aromatic N) is 2.